The Bertz CT molecular complexity index is 2310. The summed E-state index contributed by atoms with van der Waals surface area (Å²) in [7, 11) is 0. The van der Waals surface area contributed by atoms with Crippen molar-refractivity contribution in [2.75, 3.05) is 4.90 Å². The molecule has 0 spiro atoms. The lowest BCUT2D eigenvalue weighted by molar-refractivity contribution is 0.669. The second-order valence-corrected chi connectivity index (χ2v) is 12.1. The summed E-state index contributed by atoms with van der Waals surface area (Å²) in [5.74, 6) is 0. The SMILES string of the molecule is c1ccc(N(c2ccc(-c3ccc4c(c3)-c3cccc5cccc(c35)S4)cc2)c2ccc3c(c2)oc2ccccc23)cc1. The molecule has 2 nitrogen and oxygen atoms in total. The summed E-state index contributed by atoms with van der Waals surface area (Å²) in [6.45, 7) is 0. The van der Waals surface area contributed by atoms with Gasteiger partial charge in [-0.15, -0.1) is 0 Å². The minimum atomic E-state index is 0.889. The van der Waals surface area contributed by atoms with E-state index in [-0.39, 0.29) is 0 Å². The molecule has 1 aromatic heterocycles. The molecule has 3 heteroatoms. The predicted molar refractivity (Wildman–Crippen MR) is 181 cm³/mol. The first kappa shape index (κ1) is 24.4. The van der Waals surface area contributed by atoms with Gasteiger partial charge in [-0.05, 0) is 88.3 Å². The van der Waals surface area contributed by atoms with Gasteiger partial charge < -0.3 is 9.32 Å². The maximum atomic E-state index is 6.25. The lowest BCUT2D eigenvalue weighted by atomic mass is 9.94. The molecule has 0 fully saturated rings. The topological polar surface area (TPSA) is 16.4 Å². The van der Waals surface area contributed by atoms with Crippen molar-refractivity contribution >= 4 is 61.5 Å². The van der Waals surface area contributed by atoms with Gasteiger partial charge in [-0.25, -0.2) is 0 Å². The van der Waals surface area contributed by atoms with Crippen molar-refractivity contribution in [3.05, 3.63) is 152 Å². The number of benzene rings is 7. The number of anilines is 3. The third kappa shape index (κ3) is 3.97. The highest BCUT2D eigenvalue weighted by atomic mass is 32.2. The van der Waals surface area contributed by atoms with E-state index in [1.54, 1.807) is 0 Å². The minimum absolute atomic E-state index is 0.889. The highest BCUT2D eigenvalue weighted by molar-refractivity contribution is 7.99. The number of hydrogen-bond acceptors (Lipinski definition) is 3. The number of fused-ring (bicyclic) bond motifs is 5. The molecular formula is C40H25NOS. The number of rotatable bonds is 4. The number of para-hydroxylation sites is 2. The number of hydrogen-bond donors (Lipinski definition) is 0. The van der Waals surface area contributed by atoms with Gasteiger partial charge in [0.1, 0.15) is 11.2 Å². The highest BCUT2D eigenvalue weighted by Gasteiger charge is 2.20. The predicted octanol–water partition coefficient (Wildman–Crippen LogP) is 12.0. The molecule has 0 N–H and O–H groups in total. The lowest BCUT2D eigenvalue weighted by Gasteiger charge is -2.25. The molecular weight excluding hydrogens is 543 g/mol. The Labute approximate surface area is 253 Å². The van der Waals surface area contributed by atoms with Crippen molar-refractivity contribution in [2.45, 2.75) is 9.79 Å². The van der Waals surface area contributed by atoms with Crippen LogP contribution in [-0.2, 0) is 0 Å². The van der Waals surface area contributed by atoms with Gasteiger partial charge in [0.15, 0.2) is 0 Å². The summed E-state index contributed by atoms with van der Waals surface area (Å²) >= 11 is 1.87. The van der Waals surface area contributed by atoms with E-state index in [0.29, 0.717) is 0 Å². The minimum Gasteiger partial charge on any atom is -0.456 e. The zero-order valence-corrected chi connectivity index (χ0v) is 24.0. The molecule has 1 aliphatic heterocycles. The van der Waals surface area contributed by atoms with Crippen LogP contribution >= 0.6 is 11.8 Å². The molecule has 0 atom stereocenters. The maximum absolute atomic E-state index is 6.25. The van der Waals surface area contributed by atoms with Crippen molar-refractivity contribution in [1.82, 2.24) is 0 Å². The summed E-state index contributed by atoms with van der Waals surface area (Å²) in [4.78, 5) is 4.93. The monoisotopic (exact) mass is 567 g/mol. The molecule has 0 saturated carbocycles. The van der Waals surface area contributed by atoms with Crippen molar-refractivity contribution in [3.63, 3.8) is 0 Å². The lowest BCUT2D eigenvalue weighted by Crippen LogP contribution is -2.09. The zero-order chi connectivity index (χ0) is 28.3. The van der Waals surface area contributed by atoms with Gasteiger partial charge >= 0.3 is 0 Å². The first-order valence-corrected chi connectivity index (χ1v) is 15.3. The van der Waals surface area contributed by atoms with Gasteiger partial charge in [-0.1, -0.05) is 96.7 Å². The molecule has 0 unspecified atom stereocenters. The largest absolute Gasteiger partial charge is 0.456 e. The molecule has 0 bridgehead atoms. The smallest absolute Gasteiger partial charge is 0.137 e. The van der Waals surface area contributed by atoms with Crippen LogP contribution in [0, 0.1) is 0 Å². The van der Waals surface area contributed by atoms with Crippen LogP contribution in [0.1, 0.15) is 0 Å². The van der Waals surface area contributed by atoms with Crippen LogP contribution in [0.5, 0.6) is 0 Å². The van der Waals surface area contributed by atoms with E-state index in [0.717, 1.165) is 39.0 Å². The second-order valence-electron chi connectivity index (χ2n) is 11.0. The molecule has 8 aromatic rings. The van der Waals surface area contributed by atoms with Crippen LogP contribution in [0.15, 0.2) is 166 Å². The van der Waals surface area contributed by atoms with Gasteiger partial charge in [-0.3, -0.25) is 0 Å². The third-order valence-corrected chi connectivity index (χ3v) is 9.59. The number of furan rings is 1. The summed E-state index contributed by atoms with van der Waals surface area (Å²) in [6, 6.07) is 54.3. The zero-order valence-electron chi connectivity index (χ0n) is 23.2. The van der Waals surface area contributed by atoms with Crippen molar-refractivity contribution in [1.29, 1.82) is 0 Å². The van der Waals surface area contributed by atoms with Crippen LogP contribution < -0.4 is 4.90 Å². The Morgan fingerprint density at radius 2 is 1.16 bits per heavy atom. The van der Waals surface area contributed by atoms with Crippen LogP contribution in [0.3, 0.4) is 0 Å². The normalized spacial score (nSPS) is 12.1. The van der Waals surface area contributed by atoms with E-state index in [4.69, 9.17) is 4.42 Å². The summed E-state index contributed by atoms with van der Waals surface area (Å²) < 4.78 is 6.25. The molecule has 0 aliphatic carbocycles. The molecule has 7 aromatic carbocycles. The van der Waals surface area contributed by atoms with E-state index in [1.807, 2.05) is 23.9 Å². The summed E-state index contributed by atoms with van der Waals surface area (Å²) in [5.41, 5.74) is 10.1. The Kier molecular flexibility index (Phi) is 5.47. The van der Waals surface area contributed by atoms with Gasteiger partial charge in [0, 0.05) is 49.1 Å². The average molecular weight is 568 g/mol. The second kappa shape index (κ2) is 9.65. The molecule has 0 amide bonds. The first-order valence-electron chi connectivity index (χ1n) is 14.5. The number of nitrogens with zero attached hydrogens (tertiary/aromatic N) is 1. The van der Waals surface area contributed by atoms with Gasteiger partial charge in [0.25, 0.3) is 0 Å². The molecule has 2 heterocycles. The van der Waals surface area contributed by atoms with Crippen LogP contribution in [0.4, 0.5) is 17.1 Å². The van der Waals surface area contributed by atoms with E-state index < -0.39 is 0 Å². The molecule has 1 aliphatic rings. The Morgan fingerprint density at radius 1 is 0.442 bits per heavy atom. The Balaban J connectivity index is 1.12. The first-order chi connectivity index (χ1) is 21.3. The third-order valence-electron chi connectivity index (χ3n) is 8.45. The van der Waals surface area contributed by atoms with Gasteiger partial charge in [0.2, 0.25) is 0 Å². The van der Waals surface area contributed by atoms with Crippen LogP contribution in [0.25, 0.3) is 55.0 Å². The molecule has 9 rings (SSSR count). The highest BCUT2D eigenvalue weighted by Crippen LogP contribution is 2.49. The fourth-order valence-electron chi connectivity index (χ4n) is 6.42. The van der Waals surface area contributed by atoms with Gasteiger partial charge in [0.05, 0.1) is 0 Å². The maximum Gasteiger partial charge on any atom is 0.137 e. The van der Waals surface area contributed by atoms with Crippen LogP contribution in [-0.4, -0.2) is 0 Å². The molecule has 0 radical (unpaired) electrons. The van der Waals surface area contributed by atoms with Crippen molar-refractivity contribution in [2.24, 2.45) is 0 Å². The summed E-state index contributed by atoms with van der Waals surface area (Å²) in [5, 5.41) is 4.93. The Morgan fingerprint density at radius 3 is 2.05 bits per heavy atom. The van der Waals surface area contributed by atoms with E-state index >= 15 is 0 Å². The quantitative estimate of drug-likeness (QED) is 0.210. The van der Waals surface area contributed by atoms with E-state index in [9.17, 15) is 0 Å². The average Bonchev–Trinajstić information content (AvgIpc) is 3.44. The molecule has 0 saturated heterocycles. The molecule has 202 valence electrons. The Hall–Kier alpha value is -5.25. The fourth-order valence-corrected chi connectivity index (χ4v) is 7.55. The fraction of sp³-hybridized carbons (Fsp3) is 0. The summed E-state index contributed by atoms with van der Waals surface area (Å²) in [6.07, 6.45) is 0. The molecule has 43 heavy (non-hydrogen) atoms. The van der Waals surface area contributed by atoms with Crippen molar-refractivity contribution in [3.8, 4) is 22.3 Å². The standard InChI is InChI=1S/C40H25NOS/c1-2-10-29(11-3-1)41(31-21-22-33-32-12-4-5-14-36(32)42-37(33)25-31)30-19-16-26(17-20-30)28-18-23-38-35(24-28)34-13-6-8-27-9-7-15-39(43-38)40(27)34/h1-25H. The van der Waals surface area contributed by atoms with Crippen molar-refractivity contribution < 1.29 is 4.42 Å². The van der Waals surface area contributed by atoms with Crippen LogP contribution in [0.2, 0.25) is 0 Å². The van der Waals surface area contributed by atoms with Gasteiger partial charge in [-0.2, -0.15) is 0 Å². The van der Waals surface area contributed by atoms with E-state index in [2.05, 4.69) is 144 Å². The van der Waals surface area contributed by atoms with E-state index in [1.165, 1.54) is 42.8 Å².